The lowest BCUT2D eigenvalue weighted by Crippen LogP contribution is -2.49. The molecule has 0 bridgehead atoms. The zero-order valence-corrected chi connectivity index (χ0v) is 19.3. The molecule has 0 spiro atoms. The van der Waals surface area contributed by atoms with Crippen molar-refractivity contribution in [3.05, 3.63) is 0 Å². The van der Waals surface area contributed by atoms with E-state index in [1.165, 1.54) is 0 Å². The Kier molecular flexibility index (Phi) is 12.1. The first-order valence-electron chi connectivity index (χ1n) is 8.51. The molecular formula is C17H36IN5O2. The number of aliphatic imine (C=N–C) groups is 1. The first-order chi connectivity index (χ1) is 10.9. The lowest BCUT2D eigenvalue weighted by Gasteiger charge is -2.27. The Labute approximate surface area is 169 Å². The molecule has 0 aliphatic heterocycles. The summed E-state index contributed by atoms with van der Waals surface area (Å²) in [6.45, 7) is 15.2. The van der Waals surface area contributed by atoms with Crippen LogP contribution in [0.1, 0.15) is 48.5 Å². The summed E-state index contributed by atoms with van der Waals surface area (Å²) in [5, 5.41) is 8.91. The van der Waals surface area contributed by atoms with Gasteiger partial charge in [0.05, 0.1) is 18.5 Å². The van der Waals surface area contributed by atoms with Crippen LogP contribution in [0.25, 0.3) is 0 Å². The lowest BCUT2D eigenvalue weighted by molar-refractivity contribution is -0.128. The number of rotatable bonds is 7. The number of carbonyl (C=O) groups is 2. The second-order valence-electron chi connectivity index (χ2n) is 7.57. The zero-order valence-electron chi connectivity index (χ0n) is 16.9. The number of guanidine groups is 1. The summed E-state index contributed by atoms with van der Waals surface area (Å²) >= 11 is 0. The number of carbonyl (C=O) groups excluding carboxylic acids is 2. The number of likely N-dealkylation sites (N-methyl/N-ethyl adjacent to an activating group) is 1. The Bertz CT molecular complexity index is 458. The molecule has 0 saturated heterocycles. The minimum Gasteiger partial charge on any atom is -0.357 e. The molecule has 0 heterocycles. The maximum absolute atomic E-state index is 12.1. The summed E-state index contributed by atoms with van der Waals surface area (Å²) in [6.07, 6.45) is 0. The predicted molar refractivity (Wildman–Crippen MR) is 114 cm³/mol. The Morgan fingerprint density at radius 2 is 1.52 bits per heavy atom. The standard InChI is InChI=1S/C17H35N5O2.HI/c1-9-18-14(24)17(6,7)12-20-15(19-10-2)22(8)11-13(23)21-16(3,4)5;/h9-12H2,1-8H3,(H,18,24)(H,19,20)(H,21,23);1H. The van der Waals surface area contributed by atoms with Crippen molar-refractivity contribution in [1.82, 2.24) is 20.9 Å². The van der Waals surface area contributed by atoms with Gasteiger partial charge in [0.15, 0.2) is 5.96 Å². The van der Waals surface area contributed by atoms with Crippen LogP contribution in [-0.2, 0) is 9.59 Å². The minimum absolute atomic E-state index is 0. The van der Waals surface area contributed by atoms with Crippen LogP contribution in [0.4, 0.5) is 0 Å². The second-order valence-corrected chi connectivity index (χ2v) is 7.57. The van der Waals surface area contributed by atoms with E-state index >= 15 is 0 Å². The summed E-state index contributed by atoms with van der Waals surface area (Å²) in [4.78, 5) is 30.4. The van der Waals surface area contributed by atoms with Gasteiger partial charge in [0, 0.05) is 25.7 Å². The van der Waals surface area contributed by atoms with Crippen molar-refractivity contribution in [1.29, 1.82) is 0 Å². The highest BCUT2D eigenvalue weighted by molar-refractivity contribution is 14.0. The van der Waals surface area contributed by atoms with Crippen LogP contribution in [0, 0.1) is 5.41 Å². The SMILES string of the molecule is CCNC(=O)C(C)(C)CN=C(NCC)N(C)CC(=O)NC(C)(C)C.I. The van der Waals surface area contributed by atoms with E-state index in [-0.39, 0.29) is 47.9 Å². The quantitative estimate of drug-likeness (QED) is 0.300. The van der Waals surface area contributed by atoms with Crippen molar-refractivity contribution in [2.45, 2.75) is 54.0 Å². The summed E-state index contributed by atoms with van der Waals surface area (Å²) in [5.41, 5.74) is -0.876. The van der Waals surface area contributed by atoms with Crippen LogP contribution >= 0.6 is 24.0 Å². The van der Waals surface area contributed by atoms with Crippen LogP contribution < -0.4 is 16.0 Å². The third-order valence-corrected chi connectivity index (χ3v) is 3.17. The molecule has 0 rings (SSSR count). The van der Waals surface area contributed by atoms with Gasteiger partial charge < -0.3 is 20.9 Å². The van der Waals surface area contributed by atoms with Gasteiger partial charge in [-0.25, -0.2) is 0 Å². The first-order valence-corrected chi connectivity index (χ1v) is 8.51. The number of nitrogens with zero attached hydrogens (tertiary/aromatic N) is 2. The van der Waals surface area contributed by atoms with Gasteiger partial charge >= 0.3 is 0 Å². The van der Waals surface area contributed by atoms with Crippen molar-refractivity contribution >= 4 is 41.8 Å². The fourth-order valence-corrected chi connectivity index (χ4v) is 1.96. The summed E-state index contributed by atoms with van der Waals surface area (Å²) in [6, 6.07) is 0. The summed E-state index contributed by atoms with van der Waals surface area (Å²) < 4.78 is 0. The van der Waals surface area contributed by atoms with E-state index in [4.69, 9.17) is 0 Å². The van der Waals surface area contributed by atoms with E-state index in [1.807, 2.05) is 55.5 Å². The highest BCUT2D eigenvalue weighted by Crippen LogP contribution is 2.15. The topological polar surface area (TPSA) is 85.8 Å². The molecule has 0 saturated carbocycles. The van der Waals surface area contributed by atoms with Gasteiger partial charge in [-0.3, -0.25) is 14.6 Å². The molecule has 3 N–H and O–H groups in total. The van der Waals surface area contributed by atoms with Gasteiger partial charge in [-0.15, -0.1) is 24.0 Å². The Morgan fingerprint density at radius 3 is 1.96 bits per heavy atom. The number of hydrogen-bond acceptors (Lipinski definition) is 3. The molecule has 0 atom stereocenters. The third kappa shape index (κ3) is 11.2. The Balaban J connectivity index is 0. The fourth-order valence-electron chi connectivity index (χ4n) is 1.96. The predicted octanol–water partition coefficient (Wildman–Crippen LogP) is 1.58. The largest absolute Gasteiger partial charge is 0.357 e. The van der Waals surface area contributed by atoms with Crippen molar-refractivity contribution in [3.63, 3.8) is 0 Å². The van der Waals surface area contributed by atoms with Crippen LogP contribution in [0.2, 0.25) is 0 Å². The smallest absolute Gasteiger partial charge is 0.240 e. The average Bonchev–Trinajstić information content (AvgIpc) is 2.41. The third-order valence-electron chi connectivity index (χ3n) is 3.17. The first kappa shape index (κ1) is 26.2. The highest BCUT2D eigenvalue weighted by atomic mass is 127. The normalized spacial score (nSPS) is 12.1. The van der Waals surface area contributed by atoms with E-state index < -0.39 is 5.41 Å². The van der Waals surface area contributed by atoms with E-state index in [2.05, 4.69) is 20.9 Å². The van der Waals surface area contributed by atoms with Crippen LogP contribution in [0.3, 0.4) is 0 Å². The number of amides is 2. The van der Waals surface area contributed by atoms with E-state index in [0.717, 1.165) is 0 Å². The molecule has 8 heteroatoms. The molecule has 0 unspecified atom stereocenters. The summed E-state index contributed by atoms with van der Waals surface area (Å²) in [5.74, 6) is 0.509. The van der Waals surface area contributed by atoms with E-state index in [1.54, 1.807) is 4.90 Å². The molecule has 0 aromatic heterocycles. The minimum atomic E-state index is -0.606. The van der Waals surface area contributed by atoms with Crippen LogP contribution in [-0.4, -0.2) is 61.4 Å². The molecule has 2 amide bonds. The van der Waals surface area contributed by atoms with E-state index in [9.17, 15) is 9.59 Å². The van der Waals surface area contributed by atoms with E-state index in [0.29, 0.717) is 25.6 Å². The molecule has 0 aliphatic rings. The van der Waals surface area contributed by atoms with Crippen molar-refractivity contribution in [3.8, 4) is 0 Å². The molecule has 0 radical (unpaired) electrons. The molecule has 7 nitrogen and oxygen atoms in total. The van der Waals surface area contributed by atoms with Crippen LogP contribution in [0.15, 0.2) is 4.99 Å². The van der Waals surface area contributed by atoms with Gasteiger partial charge in [-0.05, 0) is 48.5 Å². The monoisotopic (exact) mass is 469 g/mol. The van der Waals surface area contributed by atoms with Crippen LogP contribution in [0.5, 0.6) is 0 Å². The highest BCUT2D eigenvalue weighted by Gasteiger charge is 2.27. The number of halogens is 1. The van der Waals surface area contributed by atoms with Gasteiger partial charge in [0.1, 0.15) is 0 Å². The maximum atomic E-state index is 12.1. The molecule has 0 fully saturated rings. The molecule has 0 aromatic carbocycles. The maximum Gasteiger partial charge on any atom is 0.240 e. The van der Waals surface area contributed by atoms with Crippen molar-refractivity contribution in [2.24, 2.45) is 10.4 Å². The molecule has 25 heavy (non-hydrogen) atoms. The zero-order chi connectivity index (χ0) is 19.0. The number of hydrogen-bond donors (Lipinski definition) is 3. The van der Waals surface area contributed by atoms with Crippen molar-refractivity contribution in [2.75, 3.05) is 33.2 Å². The molecule has 0 aliphatic carbocycles. The average molecular weight is 469 g/mol. The van der Waals surface area contributed by atoms with Gasteiger partial charge in [-0.1, -0.05) is 0 Å². The Morgan fingerprint density at radius 1 is 1.00 bits per heavy atom. The fraction of sp³-hybridized carbons (Fsp3) is 0.824. The van der Waals surface area contributed by atoms with Gasteiger partial charge in [0.25, 0.3) is 0 Å². The molecule has 148 valence electrons. The lowest BCUT2D eigenvalue weighted by atomic mass is 9.92. The Hall–Kier alpha value is -1.06. The van der Waals surface area contributed by atoms with Crippen molar-refractivity contribution < 1.29 is 9.59 Å². The van der Waals surface area contributed by atoms with Gasteiger partial charge in [0.2, 0.25) is 11.8 Å². The second kappa shape index (κ2) is 11.5. The molecular weight excluding hydrogens is 433 g/mol. The van der Waals surface area contributed by atoms with Gasteiger partial charge in [-0.2, -0.15) is 0 Å². The summed E-state index contributed by atoms with van der Waals surface area (Å²) in [7, 11) is 1.81. The molecule has 0 aromatic rings. The number of nitrogens with one attached hydrogen (secondary N) is 3.